The molecule has 0 aromatic rings. The molecule has 1 aliphatic heterocycles. The van der Waals surface area contributed by atoms with Crippen LogP contribution in [0.5, 0.6) is 0 Å². The highest BCUT2D eigenvalue weighted by Crippen LogP contribution is 2.25. The minimum Gasteiger partial charge on any atom is -0.337 e. The second-order valence-corrected chi connectivity index (χ2v) is 16.0. The first-order valence-electron chi connectivity index (χ1n) is 22.9. The van der Waals surface area contributed by atoms with Gasteiger partial charge in [0, 0.05) is 19.0 Å². The van der Waals surface area contributed by atoms with Crippen molar-refractivity contribution in [1.82, 2.24) is 10.2 Å². The third-order valence-corrected chi connectivity index (χ3v) is 11.3. The fourth-order valence-electron chi connectivity index (χ4n) is 7.88. The minimum atomic E-state index is -0.574. The molecule has 0 saturated carbocycles. The first-order chi connectivity index (χ1) is 24.2. The molecule has 5 heteroatoms. The zero-order valence-corrected chi connectivity index (χ0v) is 35.6. The summed E-state index contributed by atoms with van der Waals surface area (Å²) >= 11 is 0. The number of unbranched alkanes of at least 4 members (excludes halogenated alkanes) is 30. The van der Waals surface area contributed by atoms with Gasteiger partial charge >= 0.3 is 0 Å². The molecule has 0 amide bonds. The quantitative estimate of drug-likeness (QED) is 0.0503. The van der Waals surface area contributed by atoms with E-state index < -0.39 is 5.91 Å². The molecular weight excluding hydrogens is 636 g/mol. The van der Waals surface area contributed by atoms with Crippen molar-refractivity contribution in [2.24, 2.45) is 0 Å². The molecule has 1 aliphatic rings. The molecule has 0 aromatic carbocycles. The predicted molar refractivity (Wildman–Crippen MR) is 225 cm³/mol. The summed E-state index contributed by atoms with van der Waals surface area (Å²) in [7, 11) is 2.23. The number of nitrogens with one attached hydrogen (secondary N) is 1. The van der Waals surface area contributed by atoms with Gasteiger partial charge in [0.25, 0.3) is 0 Å². The summed E-state index contributed by atoms with van der Waals surface area (Å²) in [6.45, 7) is 10.6. The lowest BCUT2D eigenvalue weighted by Crippen LogP contribution is -2.54. The van der Waals surface area contributed by atoms with Crippen LogP contribution < -0.4 is 5.32 Å². The molecule has 1 N–H and O–H groups in total. The van der Waals surface area contributed by atoms with E-state index in [1.165, 1.54) is 205 Å². The van der Waals surface area contributed by atoms with Crippen molar-refractivity contribution in [3.8, 4) is 0 Å². The van der Waals surface area contributed by atoms with E-state index in [1.54, 1.807) is 0 Å². The Balaban J connectivity index is 0.0000240. The lowest BCUT2D eigenvalue weighted by Gasteiger charge is -2.41. The van der Waals surface area contributed by atoms with Gasteiger partial charge in [0.2, 0.25) is 5.91 Å². The van der Waals surface area contributed by atoms with Crippen LogP contribution in [0.15, 0.2) is 0 Å². The first kappa shape index (κ1) is 50.1. The van der Waals surface area contributed by atoms with Crippen molar-refractivity contribution in [3.05, 3.63) is 0 Å². The smallest absolute Gasteiger partial charge is 0.229 e. The number of halogens is 1. The lowest BCUT2D eigenvalue weighted by molar-refractivity contribution is -0.315. The van der Waals surface area contributed by atoms with Crippen LogP contribution in [-0.2, 0) is 9.47 Å². The highest BCUT2D eigenvalue weighted by Gasteiger charge is 2.36. The third-order valence-electron chi connectivity index (χ3n) is 11.3. The van der Waals surface area contributed by atoms with Gasteiger partial charge in [0.05, 0.1) is 13.2 Å². The molecule has 302 valence electrons. The number of hydrogen-bond acceptors (Lipinski definition) is 4. The van der Waals surface area contributed by atoms with Gasteiger partial charge in [0.15, 0.2) is 0 Å². The Morgan fingerprint density at radius 2 is 0.780 bits per heavy atom. The zero-order valence-electron chi connectivity index (χ0n) is 34.8. The summed E-state index contributed by atoms with van der Waals surface area (Å²) in [6, 6.07) is 0.564. The fourth-order valence-corrected chi connectivity index (χ4v) is 7.88. The van der Waals surface area contributed by atoms with Crippen LogP contribution in [0, 0.1) is 0 Å². The van der Waals surface area contributed by atoms with E-state index in [0.29, 0.717) is 6.04 Å². The molecule has 4 nitrogen and oxygen atoms in total. The molecule has 1 saturated heterocycles. The third kappa shape index (κ3) is 29.6. The van der Waals surface area contributed by atoms with Crippen LogP contribution in [0.25, 0.3) is 0 Å². The molecule has 0 radical (unpaired) electrons. The van der Waals surface area contributed by atoms with Crippen LogP contribution in [-0.4, -0.2) is 50.2 Å². The average molecular weight is 730 g/mol. The minimum absolute atomic E-state index is 0. The normalized spacial score (nSPS) is 14.9. The lowest BCUT2D eigenvalue weighted by atomic mass is 10.0. The van der Waals surface area contributed by atoms with E-state index in [1.807, 2.05) is 0 Å². The highest BCUT2D eigenvalue weighted by atomic mass is 35.5. The summed E-state index contributed by atoms with van der Waals surface area (Å²) in [5.74, 6) is -0.574. The van der Waals surface area contributed by atoms with Crippen molar-refractivity contribution < 1.29 is 9.47 Å². The predicted octanol–water partition coefficient (Wildman–Crippen LogP) is 14.7. The van der Waals surface area contributed by atoms with Crippen LogP contribution in [0.3, 0.4) is 0 Å². The maximum Gasteiger partial charge on any atom is 0.229 e. The number of likely N-dealkylation sites (N-methyl/N-ethyl adjacent to an activating group) is 1. The van der Waals surface area contributed by atoms with Crippen molar-refractivity contribution in [2.75, 3.05) is 33.4 Å². The van der Waals surface area contributed by atoms with Gasteiger partial charge < -0.3 is 14.8 Å². The number of ether oxygens (including phenoxy) is 2. The van der Waals surface area contributed by atoms with Gasteiger partial charge in [-0.05, 0) is 39.3 Å². The van der Waals surface area contributed by atoms with Gasteiger partial charge in [-0.15, -0.1) is 12.4 Å². The van der Waals surface area contributed by atoms with Crippen LogP contribution in [0.2, 0.25) is 0 Å². The van der Waals surface area contributed by atoms with Gasteiger partial charge in [-0.1, -0.05) is 213 Å². The number of rotatable bonds is 40. The Labute approximate surface area is 321 Å². The largest absolute Gasteiger partial charge is 0.337 e. The van der Waals surface area contributed by atoms with E-state index in [4.69, 9.17) is 9.47 Å². The summed E-state index contributed by atoms with van der Waals surface area (Å²) in [5, 5.41) is 3.68. The standard InChI is InChI=1S/C45H92N2O2.ClH/c1-5-8-10-12-14-16-18-20-22-24-26-28-30-32-34-36-41-48-45(7-3,47(4)43-44-39-38-40-46-44)49-42-37-35-33-31-29-27-25-23-21-19-17-15-13-11-9-6-2;/h44,46H,5-43H2,1-4H3;1H. The maximum absolute atomic E-state index is 6.67. The van der Waals surface area contributed by atoms with Gasteiger partial charge in [-0.2, -0.15) is 0 Å². The summed E-state index contributed by atoms with van der Waals surface area (Å²) in [4.78, 5) is 2.38. The Bertz CT molecular complexity index is 607. The Morgan fingerprint density at radius 1 is 0.480 bits per heavy atom. The summed E-state index contributed by atoms with van der Waals surface area (Å²) < 4.78 is 13.3. The molecule has 0 aliphatic carbocycles. The van der Waals surface area contributed by atoms with E-state index in [-0.39, 0.29) is 12.4 Å². The average Bonchev–Trinajstić information content (AvgIpc) is 3.63. The second-order valence-electron chi connectivity index (χ2n) is 16.0. The molecular formula is C45H93ClN2O2. The van der Waals surface area contributed by atoms with Gasteiger partial charge in [0.1, 0.15) is 0 Å². The molecule has 0 aromatic heterocycles. The van der Waals surface area contributed by atoms with E-state index in [0.717, 1.165) is 45.6 Å². The second kappa shape index (κ2) is 38.8. The van der Waals surface area contributed by atoms with Crippen LogP contribution >= 0.6 is 12.4 Å². The van der Waals surface area contributed by atoms with E-state index in [2.05, 4.69) is 38.0 Å². The van der Waals surface area contributed by atoms with E-state index >= 15 is 0 Å². The number of hydrogen-bond donors (Lipinski definition) is 1. The monoisotopic (exact) mass is 729 g/mol. The topological polar surface area (TPSA) is 33.7 Å². The van der Waals surface area contributed by atoms with Gasteiger partial charge in [-0.25, -0.2) is 0 Å². The fraction of sp³-hybridized carbons (Fsp3) is 1.00. The first-order valence-corrected chi connectivity index (χ1v) is 22.9. The van der Waals surface area contributed by atoms with Crippen molar-refractivity contribution in [1.29, 1.82) is 0 Å². The SMILES string of the molecule is CCCCCCCCCCCCCCCCCCOC(CC)(OCCCCCCCCCCCCCCCCCC)N(C)CC1CCCN1.Cl. The number of nitrogens with zero attached hydrogens (tertiary/aromatic N) is 1. The molecule has 1 heterocycles. The van der Waals surface area contributed by atoms with E-state index in [9.17, 15) is 0 Å². The molecule has 1 fully saturated rings. The molecule has 0 spiro atoms. The van der Waals surface area contributed by atoms with Crippen LogP contribution in [0.1, 0.15) is 245 Å². The highest BCUT2D eigenvalue weighted by molar-refractivity contribution is 5.85. The van der Waals surface area contributed by atoms with Crippen molar-refractivity contribution in [2.45, 2.75) is 257 Å². The molecule has 1 rings (SSSR count). The summed E-state index contributed by atoms with van der Waals surface area (Å²) in [6.07, 6.45) is 48.3. The molecule has 0 bridgehead atoms. The Kier molecular flexibility index (Phi) is 38.9. The molecule has 1 atom stereocenters. The Hall–Kier alpha value is 0.130. The van der Waals surface area contributed by atoms with Gasteiger partial charge in [-0.3, -0.25) is 4.90 Å². The molecule has 1 unspecified atom stereocenters. The van der Waals surface area contributed by atoms with Crippen LogP contribution in [0.4, 0.5) is 0 Å². The zero-order chi connectivity index (χ0) is 35.4. The van der Waals surface area contributed by atoms with Crippen molar-refractivity contribution in [3.63, 3.8) is 0 Å². The Morgan fingerprint density at radius 3 is 1.04 bits per heavy atom. The van der Waals surface area contributed by atoms with Crippen molar-refractivity contribution >= 4 is 12.4 Å². The molecule has 50 heavy (non-hydrogen) atoms. The summed E-state index contributed by atoms with van der Waals surface area (Å²) in [5.41, 5.74) is 0. The maximum atomic E-state index is 6.67.